The Hall–Kier alpha value is -1.76. The summed E-state index contributed by atoms with van der Waals surface area (Å²) in [6.45, 7) is 0. The Morgan fingerprint density at radius 3 is 2.52 bits per heavy atom. The highest BCUT2D eigenvalue weighted by Gasteiger charge is 2.41. The van der Waals surface area contributed by atoms with Gasteiger partial charge in [-0.05, 0) is 47.7 Å². The normalized spacial score (nSPS) is 26.7. The molecule has 2 aliphatic rings. The van der Waals surface area contributed by atoms with Crippen molar-refractivity contribution in [1.82, 2.24) is 0 Å². The van der Waals surface area contributed by atoms with Crippen LogP contribution in [0.3, 0.4) is 0 Å². The number of nitro benzene ring substituents is 1. The van der Waals surface area contributed by atoms with Gasteiger partial charge < -0.3 is 5.32 Å². The van der Waals surface area contributed by atoms with Crippen LogP contribution in [-0.4, -0.2) is 16.6 Å². The van der Waals surface area contributed by atoms with E-state index in [-0.39, 0.29) is 29.3 Å². The summed E-state index contributed by atoms with van der Waals surface area (Å²) in [4.78, 5) is 35.0. The van der Waals surface area contributed by atoms with E-state index in [1.165, 1.54) is 12.1 Å². The molecule has 1 amide bonds. The topological polar surface area (TPSA) is 89.3 Å². The Balaban J connectivity index is 1.73. The fourth-order valence-electron chi connectivity index (χ4n) is 3.65. The van der Waals surface area contributed by atoms with E-state index in [2.05, 4.69) is 21.2 Å². The van der Waals surface area contributed by atoms with E-state index in [1.54, 1.807) is 6.07 Å². The summed E-state index contributed by atoms with van der Waals surface area (Å²) >= 11 is 3.30. The van der Waals surface area contributed by atoms with Gasteiger partial charge in [0.25, 0.3) is 5.69 Å². The minimum absolute atomic E-state index is 0.00630. The molecule has 0 spiro atoms. The van der Waals surface area contributed by atoms with Crippen molar-refractivity contribution < 1.29 is 14.5 Å². The number of nitro groups is 1. The van der Waals surface area contributed by atoms with E-state index in [0.29, 0.717) is 28.8 Å². The van der Waals surface area contributed by atoms with Gasteiger partial charge in [-0.25, -0.2) is 0 Å². The van der Waals surface area contributed by atoms with Crippen molar-refractivity contribution in [1.29, 1.82) is 0 Å². The van der Waals surface area contributed by atoms with Crippen LogP contribution in [-0.2, 0) is 9.59 Å². The minimum Gasteiger partial charge on any atom is -0.325 e. The largest absolute Gasteiger partial charge is 0.325 e. The van der Waals surface area contributed by atoms with Crippen LogP contribution < -0.4 is 5.32 Å². The van der Waals surface area contributed by atoms with E-state index in [9.17, 15) is 19.7 Å². The molecule has 0 radical (unpaired) electrons. The van der Waals surface area contributed by atoms with Gasteiger partial charge in [0.2, 0.25) is 5.91 Å². The van der Waals surface area contributed by atoms with Gasteiger partial charge in [-0.2, -0.15) is 0 Å². The lowest BCUT2D eigenvalue weighted by Gasteiger charge is -2.36. The second-order valence-electron chi connectivity index (χ2n) is 6.31. The fraction of sp³-hybridized carbons (Fsp3) is 0.500. The zero-order valence-corrected chi connectivity index (χ0v) is 14.0. The van der Waals surface area contributed by atoms with Crippen LogP contribution in [0.15, 0.2) is 22.7 Å². The number of amides is 1. The van der Waals surface area contributed by atoms with Gasteiger partial charge in [0.15, 0.2) is 0 Å². The third-order valence-electron chi connectivity index (χ3n) is 4.84. The summed E-state index contributed by atoms with van der Waals surface area (Å²) in [5, 5.41) is 13.6. The summed E-state index contributed by atoms with van der Waals surface area (Å²) in [6.07, 6.45) is 3.99. The van der Waals surface area contributed by atoms with E-state index >= 15 is 0 Å². The Kier molecular flexibility index (Phi) is 4.48. The number of rotatable bonds is 3. The maximum Gasteiger partial charge on any atom is 0.271 e. The number of carbonyl (C=O) groups excluding carboxylic acids is 2. The van der Waals surface area contributed by atoms with Crippen LogP contribution in [0, 0.1) is 27.9 Å². The van der Waals surface area contributed by atoms with E-state index in [4.69, 9.17) is 0 Å². The number of nitrogens with zero attached hydrogens (tertiary/aromatic N) is 1. The van der Waals surface area contributed by atoms with Crippen LogP contribution in [0.25, 0.3) is 0 Å². The third-order valence-corrected chi connectivity index (χ3v) is 5.53. The molecule has 3 rings (SSSR count). The van der Waals surface area contributed by atoms with Crippen LogP contribution in [0.2, 0.25) is 0 Å². The molecule has 122 valence electrons. The van der Waals surface area contributed by atoms with E-state index < -0.39 is 4.92 Å². The van der Waals surface area contributed by atoms with Gasteiger partial charge in [0.05, 0.1) is 10.6 Å². The summed E-state index contributed by atoms with van der Waals surface area (Å²) < 4.78 is 0.600. The number of fused-ring (bicyclic) bond motifs is 2. The Bertz CT molecular complexity index is 660. The lowest BCUT2D eigenvalue weighted by atomic mass is 9.67. The fourth-order valence-corrected chi connectivity index (χ4v) is 4.00. The number of carbonyl (C=O) groups is 2. The molecule has 0 heterocycles. The molecule has 2 unspecified atom stereocenters. The van der Waals surface area contributed by atoms with Crippen molar-refractivity contribution in [3.8, 4) is 0 Å². The van der Waals surface area contributed by atoms with Crippen molar-refractivity contribution in [2.75, 3.05) is 5.32 Å². The second-order valence-corrected chi connectivity index (χ2v) is 7.16. The molecule has 2 fully saturated rings. The summed E-state index contributed by atoms with van der Waals surface area (Å²) in [5.41, 5.74) is 0.324. The molecular weight excluding hydrogens is 364 g/mol. The molecule has 2 atom stereocenters. The molecule has 23 heavy (non-hydrogen) atoms. The predicted molar refractivity (Wildman–Crippen MR) is 88.0 cm³/mol. The van der Waals surface area contributed by atoms with Gasteiger partial charge in [-0.1, -0.05) is 6.42 Å². The number of Topliss-reactive ketones (excluding diaryl/α,β-unsaturated/α-hetero) is 1. The summed E-state index contributed by atoms with van der Waals surface area (Å²) in [6, 6.07) is 4.27. The zero-order valence-electron chi connectivity index (χ0n) is 12.5. The number of hydrogen-bond acceptors (Lipinski definition) is 4. The van der Waals surface area contributed by atoms with Crippen LogP contribution in [0.1, 0.15) is 32.1 Å². The predicted octanol–water partition coefficient (Wildman–Crippen LogP) is 3.69. The third kappa shape index (κ3) is 3.29. The highest BCUT2D eigenvalue weighted by Crippen LogP contribution is 2.40. The van der Waals surface area contributed by atoms with Crippen molar-refractivity contribution in [3.05, 3.63) is 32.8 Å². The number of benzene rings is 1. The van der Waals surface area contributed by atoms with Crippen LogP contribution >= 0.6 is 15.9 Å². The molecule has 7 heteroatoms. The molecule has 1 aromatic rings. The Labute approximate surface area is 141 Å². The highest BCUT2D eigenvalue weighted by atomic mass is 79.9. The van der Waals surface area contributed by atoms with Crippen molar-refractivity contribution in [2.24, 2.45) is 17.8 Å². The maximum absolute atomic E-state index is 12.5. The SMILES string of the molecule is O=C(Nc1cc([N+](=O)[O-])ccc1Br)C1CC2CCCC(C1)C2=O. The van der Waals surface area contributed by atoms with Gasteiger partial charge in [0, 0.05) is 34.4 Å². The molecule has 0 saturated heterocycles. The van der Waals surface area contributed by atoms with Gasteiger partial charge >= 0.3 is 0 Å². The first-order chi connectivity index (χ1) is 11.0. The maximum atomic E-state index is 12.5. The monoisotopic (exact) mass is 380 g/mol. The number of halogens is 1. The summed E-state index contributed by atoms with van der Waals surface area (Å²) in [7, 11) is 0. The Morgan fingerprint density at radius 1 is 1.26 bits per heavy atom. The zero-order chi connectivity index (χ0) is 16.6. The average Bonchev–Trinajstić information content (AvgIpc) is 2.48. The first kappa shape index (κ1) is 16.1. The first-order valence-electron chi connectivity index (χ1n) is 7.74. The molecule has 1 N–H and O–H groups in total. The van der Waals surface area contributed by atoms with E-state index in [1.807, 2.05) is 0 Å². The molecule has 2 aliphatic carbocycles. The quantitative estimate of drug-likeness (QED) is 0.639. The second kappa shape index (κ2) is 6.39. The van der Waals surface area contributed by atoms with Crippen molar-refractivity contribution >= 4 is 39.0 Å². The molecule has 2 saturated carbocycles. The Morgan fingerprint density at radius 2 is 1.91 bits per heavy atom. The van der Waals surface area contributed by atoms with Crippen LogP contribution in [0.4, 0.5) is 11.4 Å². The van der Waals surface area contributed by atoms with Crippen molar-refractivity contribution in [2.45, 2.75) is 32.1 Å². The number of anilines is 1. The first-order valence-corrected chi connectivity index (χ1v) is 8.53. The average molecular weight is 381 g/mol. The number of nitrogens with one attached hydrogen (secondary N) is 1. The lowest BCUT2D eigenvalue weighted by Crippen LogP contribution is -2.40. The molecule has 0 aliphatic heterocycles. The molecule has 2 bridgehead atoms. The minimum atomic E-state index is -0.494. The number of ketones is 1. The smallest absolute Gasteiger partial charge is 0.271 e. The molecule has 1 aromatic carbocycles. The van der Waals surface area contributed by atoms with Gasteiger partial charge in [0.1, 0.15) is 5.78 Å². The van der Waals surface area contributed by atoms with Crippen molar-refractivity contribution in [3.63, 3.8) is 0 Å². The number of non-ortho nitro benzene ring substituents is 1. The summed E-state index contributed by atoms with van der Waals surface area (Å²) in [5.74, 6) is -0.0276. The molecule has 6 nitrogen and oxygen atoms in total. The van der Waals surface area contributed by atoms with E-state index in [0.717, 1.165) is 19.3 Å². The highest BCUT2D eigenvalue weighted by molar-refractivity contribution is 9.10. The molecule has 0 aromatic heterocycles. The molecular formula is C16H17BrN2O4. The van der Waals surface area contributed by atoms with Gasteiger partial charge in [-0.3, -0.25) is 19.7 Å². The number of hydrogen-bond donors (Lipinski definition) is 1. The standard InChI is InChI=1S/C16H17BrN2O4/c17-13-5-4-12(19(22)23)8-14(13)18-16(21)11-6-9-2-1-3-10(7-11)15(9)20/h4-5,8-11H,1-3,6-7H2,(H,18,21). The van der Waals surface area contributed by atoms with Crippen LogP contribution in [0.5, 0.6) is 0 Å². The lowest BCUT2D eigenvalue weighted by molar-refractivity contribution is -0.384. The van der Waals surface area contributed by atoms with Gasteiger partial charge in [-0.15, -0.1) is 0 Å².